The van der Waals surface area contributed by atoms with Gasteiger partial charge in [-0.15, -0.1) is 0 Å². The van der Waals surface area contributed by atoms with Crippen LogP contribution in [0.3, 0.4) is 0 Å². The number of rotatable bonds is 4. The normalized spacial score (nSPS) is 20.6. The molecule has 9 nitrogen and oxygen atoms in total. The first-order valence-corrected chi connectivity index (χ1v) is 8.53. The maximum Gasteiger partial charge on any atom is 0.329 e. The van der Waals surface area contributed by atoms with E-state index in [-0.39, 0.29) is 34.6 Å². The van der Waals surface area contributed by atoms with Gasteiger partial charge < -0.3 is 15.0 Å². The highest BCUT2D eigenvalue weighted by atomic mass is 16.5. The van der Waals surface area contributed by atoms with E-state index in [1.54, 1.807) is 13.0 Å². The average molecular weight is 361 g/mol. The molecule has 2 atom stereocenters. The van der Waals surface area contributed by atoms with Crippen LogP contribution in [-0.2, 0) is 11.8 Å². The number of H-pyrrole nitrogens is 1. The maximum absolute atomic E-state index is 12.9. The van der Waals surface area contributed by atoms with Gasteiger partial charge in [0.1, 0.15) is 5.65 Å². The van der Waals surface area contributed by atoms with Crippen LogP contribution in [0.25, 0.3) is 11.0 Å². The number of carbonyl (C=O) groups is 1. The number of carbonyl (C=O) groups excluding carboxylic acids is 1. The molecule has 2 aromatic heterocycles. The Morgan fingerprint density at radius 1 is 1.38 bits per heavy atom. The van der Waals surface area contributed by atoms with Crippen molar-refractivity contribution in [2.45, 2.75) is 26.0 Å². The van der Waals surface area contributed by atoms with Crippen LogP contribution in [0.4, 0.5) is 0 Å². The van der Waals surface area contributed by atoms with Crippen LogP contribution in [0.15, 0.2) is 15.7 Å². The molecule has 0 radical (unpaired) electrons. The lowest BCUT2D eigenvalue weighted by molar-refractivity contribution is 0.0513. The number of aromatic amines is 1. The molecule has 26 heavy (non-hydrogen) atoms. The van der Waals surface area contributed by atoms with E-state index in [1.807, 2.05) is 14.0 Å². The van der Waals surface area contributed by atoms with E-state index in [1.165, 1.54) is 11.6 Å². The van der Waals surface area contributed by atoms with Gasteiger partial charge in [0.2, 0.25) is 0 Å². The second-order valence-electron chi connectivity index (χ2n) is 6.62. The van der Waals surface area contributed by atoms with E-state index in [4.69, 9.17) is 4.74 Å². The standard InChI is InChI=1S/C17H23N5O4/c1-5-26-12-8-21(3)7-11(12)19-15(23)10-6-9(2)18-14-13(10)16(24)20-17(25)22(14)4/h6,11-12H,5,7-8H2,1-4H3,(H,19,23)(H,20,24,25)/t11-,12-/m1/s1. The second-order valence-corrected chi connectivity index (χ2v) is 6.62. The summed E-state index contributed by atoms with van der Waals surface area (Å²) < 4.78 is 6.94. The molecule has 0 unspecified atom stereocenters. The first kappa shape index (κ1) is 18.3. The van der Waals surface area contributed by atoms with E-state index >= 15 is 0 Å². The third-order valence-electron chi connectivity index (χ3n) is 4.59. The topological polar surface area (TPSA) is 109 Å². The fraction of sp³-hybridized carbons (Fsp3) is 0.529. The van der Waals surface area contributed by atoms with Crippen molar-refractivity contribution >= 4 is 16.9 Å². The third kappa shape index (κ3) is 3.27. The summed E-state index contributed by atoms with van der Waals surface area (Å²) in [6, 6.07) is 1.38. The van der Waals surface area contributed by atoms with Crippen LogP contribution in [-0.4, -0.2) is 64.2 Å². The number of pyridine rings is 1. The minimum Gasteiger partial charge on any atom is -0.375 e. The molecule has 3 heterocycles. The zero-order valence-electron chi connectivity index (χ0n) is 15.3. The average Bonchev–Trinajstić information content (AvgIpc) is 2.91. The molecular formula is C17H23N5O4. The van der Waals surface area contributed by atoms with E-state index < -0.39 is 11.2 Å². The predicted octanol–water partition coefficient (Wildman–Crippen LogP) is -0.621. The molecule has 1 saturated heterocycles. The molecule has 0 saturated carbocycles. The van der Waals surface area contributed by atoms with Crippen molar-refractivity contribution in [1.82, 2.24) is 24.8 Å². The van der Waals surface area contributed by atoms with Gasteiger partial charge in [0, 0.05) is 32.4 Å². The maximum atomic E-state index is 12.9. The molecule has 1 amide bonds. The number of nitrogens with one attached hydrogen (secondary N) is 2. The van der Waals surface area contributed by atoms with Gasteiger partial charge in [0.05, 0.1) is 23.1 Å². The lowest BCUT2D eigenvalue weighted by Gasteiger charge is -2.20. The number of likely N-dealkylation sites (tertiary alicyclic amines) is 1. The van der Waals surface area contributed by atoms with Crippen LogP contribution in [0.5, 0.6) is 0 Å². The highest BCUT2D eigenvalue weighted by molar-refractivity contribution is 6.05. The molecule has 1 aliphatic heterocycles. The highest BCUT2D eigenvalue weighted by Crippen LogP contribution is 2.16. The van der Waals surface area contributed by atoms with Crippen molar-refractivity contribution in [2.75, 3.05) is 26.7 Å². The summed E-state index contributed by atoms with van der Waals surface area (Å²) in [5.74, 6) is -0.380. The largest absolute Gasteiger partial charge is 0.375 e. The van der Waals surface area contributed by atoms with Crippen LogP contribution in [0.1, 0.15) is 23.0 Å². The molecule has 0 bridgehead atoms. The SMILES string of the molecule is CCO[C@@H]1CN(C)C[C@H]1NC(=O)c1cc(C)nc2c1c(=O)[nH]c(=O)n2C. The molecule has 0 spiro atoms. The van der Waals surface area contributed by atoms with Crippen molar-refractivity contribution in [3.05, 3.63) is 38.2 Å². The van der Waals surface area contributed by atoms with Crippen LogP contribution >= 0.6 is 0 Å². The van der Waals surface area contributed by atoms with Crippen molar-refractivity contribution in [3.8, 4) is 0 Å². The smallest absolute Gasteiger partial charge is 0.329 e. The highest BCUT2D eigenvalue weighted by Gasteiger charge is 2.33. The van der Waals surface area contributed by atoms with E-state index in [0.717, 1.165) is 6.54 Å². The molecular weight excluding hydrogens is 338 g/mol. The minimum absolute atomic E-state index is 0.106. The number of ether oxygens (including phenoxy) is 1. The zero-order chi connectivity index (χ0) is 19.0. The van der Waals surface area contributed by atoms with Gasteiger partial charge in [-0.25, -0.2) is 9.78 Å². The Morgan fingerprint density at radius 3 is 2.81 bits per heavy atom. The first-order chi connectivity index (χ1) is 12.3. The summed E-state index contributed by atoms with van der Waals surface area (Å²) in [6.45, 7) is 5.58. The number of amides is 1. The monoisotopic (exact) mass is 361 g/mol. The molecule has 140 valence electrons. The summed E-state index contributed by atoms with van der Waals surface area (Å²) in [7, 11) is 3.47. The molecule has 3 rings (SSSR count). The molecule has 0 aliphatic carbocycles. The fourth-order valence-electron chi connectivity index (χ4n) is 3.37. The van der Waals surface area contributed by atoms with E-state index in [0.29, 0.717) is 18.8 Å². The summed E-state index contributed by atoms with van der Waals surface area (Å²) >= 11 is 0. The summed E-state index contributed by atoms with van der Waals surface area (Å²) in [5, 5.41) is 3.07. The molecule has 2 aromatic rings. The summed E-state index contributed by atoms with van der Waals surface area (Å²) in [6.07, 6.45) is -0.106. The zero-order valence-corrected chi connectivity index (χ0v) is 15.3. The summed E-state index contributed by atoms with van der Waals surface area (Å²) in [5.41, 5.74) is -0.248. The Kier molecular flexibility index (Phi) is 4.92. The van der Waals surface area contributed by atoms with Gasteiger partial charge in [-0.1, -0.05) is 0 Å². The van der Waals surface area contributed by atoms with Gasteiger partial charge >= 0.3 is 5.69 Å². The lowest BCUT2D eigenvalue weighted by Crippen LogP contribution is -2.44. The van der Waals surface area contributed by atoms with Crippen molar-refractivity contribution in [1.29, 1.82) is 0 Å². The second kappa shape index (κ2) is 7.00. The van der Waals surface area contributed by atoms with Crippen molar-refractivity contribution in [3.63, 3.8) is 0 Å². The van der Waals surface area contributed by atoms with E-state index in [2.05, 4.69) is 20.2 Å². The lowest BCUT2D eigenvalue weighted by atomic mass is 10.1. The molecule has 1 fully saturated rings. The predicted molar refractivity (Wildman–Crippen MR) is 96.5 cm³/mol. The Balaban J connectivity index is 2.02. The number of nitrogens with zero attached hydrogens (tertiary/aromatic N) is 3. The fourth-order valence-corrected chi connectivity index (χ4v) is 3.37. The molecule has 0 aromatic carbocycles. The van der Waals surface area contributed by atoms with Crippen LogP contribution in [0, 0.1) is 6.92 Å². The summed E-state index contributed by atoms with van der Waals surface area (Å²) in [4.78, 5) is 45.6. The number of hydrogen-bond donors (Lipinski definition) is 2. The van der Waals surface area contributed by atoms with Gasteiger partial charge in [-0.3, -0.25) is 19.1 Å². The van der Waals surface area contributed by atoms with Crippen LogP contribution < -0.4 is 16.6 Å². The Labute approximate surface area is 150 Å². The van der Waals surface area contributed by atoms with Crippen molar-refractivity contribution < 1.29 is 9.53 Å². The molecule has 1 aliphatic rings. The minimum atomic E-state index is -0.620. The quantitative estimate of drug-likeness (QED) is 0.751. The Hall–Kier alpha value is -2.52. The Bertz CT molecular complexity index is 964. The van der Waals surface area contributed by atoms with E-state index in [9.17, 15) is 14.4 Å². The molecule has 9 heteroatoms. The van der Waals surface area contributed by atoms with Crippen LogP contribution in [0.2, 0.25) is 0 Å². The number of aryl methyl sites for hydroxylation is 2. The van der Waals surface area contributed by atoms with Gasteiger partial charge in [-0.2, -0.15) is 0 Å². The number of aromatic nitrogens is 3. The van der Waals surface area contributed by atoms with Gasteiger partial charge in [-0.05, 0) is 27.0 Å². The van der Waals surface area contributed by atoms with Crippen molar-refractivity contribution in [2.24, 2.45) is 7.05 Å². The molecule has 2 N–H and O–H groups in total. The number of hydrogen-bond acceptors (Lipinski definition) is 6. The van der Waals surface area contributed by atoms with Gasteiger partial charge in [0.25, 0.3) is 11.5 Å². The number of fused-ring (bicyclic) bond motifs is 1. The number of likely N-dealkylation sites (N-methyl/N-ethyl adjacent to an activating group) is 1. The van der Waals surface area contributed by atoms with Gasteiger partial charge in [0.15, 0.2) is 0 Å². The third-order valence-corrected chi connectivity index (χ3v) is 4.59. The Morgan fingerprint density at radius 2 is 2.12 bits per heavy atom. The first-order valence-electron chi connectivity index (χ1n) is 8.53.